The first kappa shape index (κ1) is 13.9. The van der Waals surface area contributed by atoms with Crippen molar-refractivity contribution in [2.45, 2.75) is 37.9 Å². The number of nitrogens with zero attached hydrogens (tertiary/aromatic N) is 2. The van der Waals surface area contributed by atoms with E-state index in [4.69, 9.17) is 10.5 Å². The van der Waals surface area contributed by atoms with E-state index >= 15 is 0 Å². The topological polar surface area (TPSA) is 131 Å². The summed E-state index contributed by atoms with van der Waals surface area (Å²) >= 11 is 0. The molecule has 19 heavy (non-hydrogen) atoms. The lowest BCUT2D eigenvalue weighted by atomic mass is 9.99. The Kier molecular flexibility index (Phi) is 3.35. The van der Waals surface area contributed by atoms with Crippen LogP contribution >= 0.6 is 0 Å². The van der Waals surface area contributed by atoms with Crippen LogP contribution in [0.15, 0.2) is 11.0 Å². The summed E-state index contributed by atoms with van der Waals surface area (Å²) in [6.45, 7) is 2.61. The molecule has 0 saturated carbocycles. The number of hydrogen-bond acceptors (Lipinski definition) is 7. The molecule has 2 rings (SSSR count). The smallest absolute Gasteiger partial charge is 0.351 e. The van der Waals surface area contributed by atoms with Gasteiger partial charge in [-0.15, -0.1) is 0 Å². The van der Waals surface area contributed by atoms with E-state index in [1.54, 1.807) is 6.92 Å². The molecule has 0 amide bonds. The molecule has 8 heteroatoms. The van der Waals surface area contributed by atoms with E-state index in [1.165, 1.54) is 13.1 Å². The van der Waals surface area contributed by atoms with Crippen molar-refractivity contribution < 1.29 is 20.1 Å². The molecule has 0 bridgehead atoms. The maximum absolute atomic E-state index is 11.8. The number of aliphatic hydroxyl groups is 3. The zero-order valence-electron chi connectivity index (χ0n) is 10.6. The molecule has 0 spiro atoms. The number of anilines is 1. The van der Waals surface area contributed by atoms with Crippen molar-refractivity contribution in [2.24, 2.45) is 0 Å². The highest BCUT2D eigenvalue weighted by molar-refractivity contribution is 5.35. The summed E-state index contributed by atoms with van der Waals surface area (Å²) in [4.78, 5) is 15.4. The van der Waals surface area contributed by atoms with Gasteiger partial charge in [0.15, 0.2) is 6.23 Å². The predicted molar refractivity (Wildman–Crippen MR) is 65.3 cm³/mol. The Labute approximate surface area is 109 Å². The number of nitrogens with two attached hydrogens (primary N) is 1. The molecule has 2 unspecified atom stereocenters. The molecule has 8 nitrogen and oxygen atoms in total. The Hall–Kier alpha value is -1.48. The van der Waals surface area contributed by atoms with Crippen molar-refractivity contribution in [1.82, 2.24) is 9.55 Å². The zero-order chi connectivity index (χ0) is 14.4. The van der Waals surface area contributed by atoms with Gasteiger partial charge < -0.3 is 25.8 Å². The van der Waals surface area contributed by atoms with Gasteiger partial charge >= 0.3 is 5.69 Å². The molecular weight excluding hydrogens is 254 g/mol. The van der Waals surface area contributed by atoms with Gasteiger partial charge in [-0.2, -0.15) is 4.98 Å². The molecule has 1 aliphatic rings. The van der Waals surface area contributed by atoms with Crippen LogP contribution in [-0.4, -0.2) is 49.3 Å². The Morgan fingerprint density at radius 1 is 1.58 bits per heavy atom. The van der Waals surface area contributed by atoms with E-state index in [1.807, 2.05) is 0 Å². The van der Waals surface area contributed by atoms with Gasteiger partial charge in [-0.25, -0.2) is 4.79 Å². The second-order valence-corrected chi connectivity index (χ2v) is 4.91. The van der Waals surface area contributed by atoms with E-state index < -0.39 is 36.3 Å². The number of nitrogen functional groups attached to an aromatic ring is 1. The lowest BCUT2D eigenvalue weighted by molar-refractivity contribution is -0.117. The van der Waals surface area contributed by atoms with Gasteiger partial charge in [0.25, 0.3) is 0 Å². The Bertz CT molecular complexity index is 546. The third-order valence-electron chi connectivity index (χ3n) is 3.39. The van der Waals surface area contributed by atoms with Crippen molar-refractivity contribution in [1.29, 1.82) is 0 Å². The molecule has 4 atom stereocenters. The third-order valence-corrected chi connectivity index (χ3v) is 3.39. The zero-order valence-corrected chi connectivity index (χ0v) is 10.6. The Morgan fingerprint density at radius 2 is 2.21 bits per heavy atom. The fourth-order valence-corrected chi connectivity index (χ4v) is 2.05. The fourth-order valence-electron chi connectivity index (χ4n) is 2.05. The normalized spacial score (nSPS) is 34.7. The molecule has 1 aromatic rings. The Balaban J connectivity index is 2.44. The van der Waals surface area contributed by atoms with Crippen LogP contribution in [0.4, 0.5) is 5.82 Å². The molecule has 5 N–H and O–H groups in total. The summed E-state index contributed by atoms with van der Waals surface area (Å²) in [6.07, 6.45) is -2.38. The van der Waals surface area contributed by atoms with Crippen molar-refractivity contribution in [3.8, 4) is 0 Å². The first-order chi connectivity index (χ1) is 8.80. The first-order valence-electron chi connectivity index (χ1n) is 5.80. The standard InChI is InChI=1S/C11H17N3O5/c1-5-3-14(10(18)13-8(5)12)9-6(16)7(17)11(2,4-15)19-9/h3,6-7,9,15-17H,4H2,1-2H3,(H2,12,13,18)/t6?,7?,9-,11-/m1/s1. The minimum Gasteiger partial charge on any atom is -0.393 e. The number of aromatic nitrogens is 2. The quantitative estimate of drug-likeness (QED) is 0.496. The van der Waals surface area contributed by atoms with Crippen LogP contribution in [-0.2, 0) is 4.74 Å². The Morgan fingerprint density at radius 3 is 2.74 bits per heavy atom. The lowest BCUT2D eigenvalue weighted by Gasteiger charge is -2.24. The highest BCUT2D eigenvalue weighted by Gasteiger charge is 2.51. The van der Waals surface area contributed by atoms with E-state index in [-0.39, 0.29) is 5.82 Å². The average molecular weight is 271 g/mol. The fraction of sp³-hybridized carbons (Fsp3) is 0.636. The average Bonchev–Trinajstić information content (AvgIpc) is 2.59. The summed E-state index contributed by atoms with van der Waals surface area (Å²) in [5.41, 5.74) is 4.03. The minimum absolute atomic E-state index is 0.0965. The molecule has 1 fully saturated rings. The van der Waals surface area contributed by atoms with E-state index in [9.17, 15) is 20.1 Å². The SMILES string of the molecule is Cc1cn([C@@H]2O[C@](C)(CO)C(O)C2O)c(=O)nc1N. The monoisotopic (exact) mass is 271 g/mol. The molecule has 0 aliphatic carbocycles. The van der Waals surface area contributed by atoms with Crippen molar-refractivity contribution >= 4 is 5.82 Å². The summed E-state index contributed by atoms with van der Waals surface area (Å²) in [5.74, 6) is 0.0965. The molecule has 1 aliphatic heterocycles. The molecule has 2 heterocycles. The van der Waals surface area contributed by atoms with Crippen molar-refractivity contribution in [2.75, 3.05) is 12.3 Å². The van der Waals surface area contributed by atoms with Gasteiger partial charge in [-0.1, -0.05) is 0 Å². The summed E-state index contributed by atoms with van der Waals surface area (Å²) in [7, 11) is 0. The third kappa shape index (κ3) is 2.12. The molecule has 0 radical (unpaired) electrons. The van der Waals surface area contributed by atoms with Gasteiger partial charge in [-0.3, -0.25) is 4.57 Å². The molecule has 1 aromatic heterocycles. The van der Waals surface area contributed by atoms with Crippen LogP contribution in [0.1, 0.15) is 18.7 Å². The maximum atomic E-state index is 11.8. The number of ether oxygens (including phenoxy) is 1. The highest BCUT2D eigenvalue weighted by Crippen LogP contribution is 2.36. The lowest BCUT2D eigenvalue weighted by Crippen LogP contribution is -2.43. The molecular formula is C11H17N3O5. The number of hydrogen-bond donors (Lipinski definition) is 4. The second-order valence-electron chi connectivity index (χ2n) is 4.91. The first-order valence-corrected chi connectivity index (χ1v) is 5.80. The van der Waals surface area contributed by atoms with Crippen LogP contribution in [0.25, 0.3) is 0 Å². The van der Waals surface area contributed by atoms with Crippen LogP contribution < -0.4 is 11.4 Å². The van der Waals surface area contributed by atoms with Crippen LogP contribution in [0.3, 0.4) is 0 Å². The summed E-state index contributed by atoms with van der Waals surface area (Å²) in [6, 6.07) is 0. The van der Waals surface area contributed by atoms with Gasteiger partial charge in [0.05, 0.1) is 6.61 Å². The van der Waals surface area contributed by atoms with E-state index in [0.717, 1.165) is 4.57 Å². The van der Waals surface area contributed by atoms with Crippen LogP contribution in [0.2, 0.25) is 0 Å². The predicted octanol–water partition coefficient (Wildman–Crippen LogP) is -1.86. The molecule has 0 aromatic carbocycles. The minimum atomic E-state index is -1.35. The molecule has 1 saturated heterocycles. The summed E-state index contributed by atoms with van der Waals surface area (Å²) < 4.78 is 6.47. The van der Waals surface area contributed by atoms with Gasteiger partial charge in [0.2, 0.25) is 0 Å². The van der Waals surface area contributed by atoms with Gasteiger partial charge in [-0.05, 0) is 13.8 Å². The van der Waals surface area contributed by atoms with E-state index in [2.05, 4.69) is 4.98 Å². The number of aryl methyl sites for hydroxylation is 1. The van der Waals surface area contributed by atoms with Crippen LogP contribution in [0, 0.1) is 6.92 Å². The second kappa shape index (κ2) is 4.57. The molecule has 106 valence electrons. The van der Waals surface area contributed by atoms with Gasteiger partial charge in [0.1, 0.15) is 23.6 Å². The van der Waals surface area contributed by atoms with Crippen molar-refractivity contribution in [3.05, 3.63) is 22.2 Å². The van der Waals surface area contributed by atoms with Gasteiger partial charge in [0, 0.05) is 11.8 Å². The summed E-state index contributed by atoms with van der Waals surface area (Å²) in [5, 5.41) is 29.1. The maximum Gasteiger partial charge on any atom is 0.351 e. The van der Waals surface area contributed by atoms with Crippen LogP contribution in [0.5, 0.6) is 0 Å². The largest absolute Gasteiger partial charge is 0.393 e. The highest BCUT2D eigenvalue weighted by atomic mass is 16.6. The number of rotatable bonds is 2. The number of aliphatic hydroxyl groups excluding tert-OH is 3. The van der Waals surface area contributed by atoms with Crippen molar-refractivity contribution in [3.63, 3.8) is 0 Å². The van der Waals surface area contributed by atoms with E-state index in [0.29, 0.717) is 5.56 Å².